The first-order chi connectivity index (χ1) is 8.95. The van der Waals surface area contributed by atoms with E-state index in [-0.39, 0.29) is 0 Å². The molecule has 1 atom stereocenters. The van der Waals surface area contributed by atoms with Gasteiger partial charge in [0.05, 0.1) is 4.90 Å². The number of sulfonamides is 1. The van der Waals surface area contributed by atoms with Gasteiger partial charge in [0, 0.05) is 40.4 Å². The van der Waals surface area contributed by atoms with Crippen LogP contribution in [0.2, 0.25) is 0 Å². The molecule has 0 aliphatic carbocycles. The Bertz CT molecular complexity index is 539. The van der Waals surface area contributed by atoms with Crippen LogP contribution in [0.15, 0.2) is 11.0 Å². The van der Waals surface area contributed by atoms with E-state index < -0.39 is 10.0 Å². The van der Waals surface area contributed by atoms with Crippen molar-refractivity contribution in [2.45, 2.75) is 30.5 Å². The maximum absolute atomic E-state index is 12.7. The molecule has 0 aromatic carbocycles. The Morgan fingerprint density at radius 1 is 1.53 bits per heavy atom. The summed E-state index contributed by atoms with van der Waals surface area (Å²) in [7, 11) is -1.45. The first kappa shape index (κ1) is 15.3. The number of nitrogens with one attached hydrogen (secondary N) is 1. The lowest BCUT2D eigenvalue weighted by Gasteiger charge is -2.29. The molecule has 0 spiro atoms. The van der Waals surface area contributed by atoms with E-state index in [0.717, 1.165) is 15.5 Å². The molecule has 1 unspecified atom stereocenters. The zero-order valence-corrected chi connectivity index (χ0v) is 13.9. The highest BCUT2D eigenvalue weighted by Gasteiger charge is 2.31. The second kappa shape index (κ2) is 6.13. The van der Waals surface area contributed by atoms with Crippen molar-refractivity contribution in [3.05, 3.63) is 15.8 Å². The Kier molecular flexibility index (Phi) is 4.94. The standard InChI is InChI=1S/C12H20N2O2S3/c1-9-8-14(4-5-17-9)19(15,16)12-6-11(7-13-3)18-10(12)2/h6,9,13H,4-5,7-8H2,1-3H3. The maximum Gasteiger partial charge on any atom is 0.244 e. The zero-order valence-electron chi connectivity index (χ0n) is 11.5. The van der Waals surface area contributed by atoms with Crippen LogP contribution in [0.25, 0.3) is 0 Å². The molecule has 7 heteroatoms. The number of rotatable bonds is 4. The minimum Gasteiger partial charge on any atom is -0.315 e. The normalized spacial score (nSPS) is 21.7. The molecule has 108 valence electrons. The highest BCUT2D eigenvalue weighted by Crippen LogP contribution is 2.30. The molecular weight excluding hydrogens is 300 g/mol. The van der Waals surface area contributed by atoms with Crippen LogP contribution in [0.3, 0.4) is 0 Å². The van der Waals surface area contributed by atoms with Gasteiger partial charge in [0.25, 0.3) is 0 Å². The van der Waals surface area contributed by atoms with Gasteiger partial charge in [-0.15, -0.1) is 11.3 Å². The number of thioether (sulfide) groups is 1. The van der Waals surface area contributed by atoms with E-state index in [2.05, 4.69) is 12.2 Å². The van der Waals surface area contributed by atoms with Crippen LogP contribution in [-0.2, 0) is 16.6 Å². The Morgan fingerprint density at radius 3 is 2.89 bits per heavy atom. The molecule has 0 amide bonds. The molecule has 19 heavy (non-hydrogen) atoms. The van der Waals surface area contributed by atoms with Crippen molar-refractivity contribution in [3.8, 4) is 0 Å². The van der Waals surface area contributed by atoms with Crippen molar-refractivity contribution < 1.29 is 8.42 Å². The van der Waals surface area contributed by atoms with Crippen LogP contribution >= 0.6 is 23.1 Å². The van der Waals surface area contributed by atoms with Gasteiger partial charge in [0.2, 0.25) is 10.0 Å². The average Bonchev–Trinajstić information content (AvgIpc) is 2.71. The lowest BCUT2D eigenvalue weighted by molar-refractivity contribution is 0.424. The summed E-state index contributed by atoms with van der Waals surface area (Å²) in [5, 5.41) is 3.44. The fraction of sp³-hybridized carbons (Fsp3) is 0.667. The van der Waals surface area contributed by atoms with Gasteiger partial charge in [-0.3, -0.25) is 0 Å². The lowest BCUT2D eigenvalue weighted by Crippen LogP contribution is -2.41. The van der Waals surface area contributed by atoms with E-state index >= 15 is 0 Å². The zero-order chi connectivity index (χ0) is 14.0. The van der Waals surface area contributed by atoms with Gasteiger partial charge in [-0.25, -0.2) is 8.42 Å². The van der Waals surface area contributed by atoms with Gasteiger partial charge in [0.15, 0.2) is 0 Å². The van der Waals surface area contributed by atoms with Crippen molar-refractivity contribution in [1.82, 2.24) is 9.62 Å². The molecule has 1 aromatic heterocycles. The fourth-order valence-corrected chi connectivity index (χ4v) is 6.55. The van der Waals surface area contributed by atoms with E-state index in [9.17, 15) is 8.42 Å². The van der Waals surface area contributed by atoms with Crippen molar-refractivity contribution in [1.29, 1.82) is 0 Å². The van der Waals surface area contributed by atoms with E-state index in [1.807, 2.05) is 31.8 Å². The molecule has 1 aromatic rings. The minimum atomic E-state index is -3.32. The van der Waals surface area contributed by atoms with E-state index in [1.165, 1.54) is 0 Å². The molecule has 0 bridgehead atoms. The van der Waals surface area contributed by atoms with Crippen molar-refractivity contribution in [2.24, 2.45) is 0 Å². The van der Waals surface area contributed by atoms with E-state index in [1.54, 1.807) is 15.6 Å². The summed E-state index contributed by atoms with van der Waals surface area (Å²) in [6, 6.07) is 1.82. The lowest BCUT2D eigenvalue weighted by atomic mass is 10.4. The molecule has 2 heterocycles. The first-order valence-electron chi connectivity index (χ1n) is 6.31. The molecule has 1 N–H and O–H groups in total. The Hall–Kier alpha value is -0.0800. The smallest absolute Gasteiger partial charge is 0.244 e. The number of nitrogens with zero attached hydrogens (tertiary/aromatic N) is 1. The Labute approximate surface area is 123 Å². The maximum atomic E-state index is 12.7. The van der Waals surface area contributed by atoms with Crippen LogP contribution < -0.4 is 5.32 Å². The highest BCUT2D eigenvalue weighted by molar-refractivity contribution is 8.00. The van der Waals surface area contributed by atoms with Crippen LogP contribution in [0.4, 0.5) is 0 Å². The minimum absolute atomic E-state index is 0.374. The highest BCUT2D eigenvalue weighted by atomic mass is 32.2. The van der Waals surface area contributed by atoms with Gasteiger partial charge in [-0.1, -0.05) is 6.92 Å². The first-order valence-corrected chi connectivity index (χ1v) is 9.61. The molecule has 0 saturated carbocycles. The monoisotopic (exact) mass is 320 g/mol. The summed E-state index contributed by atoms with van der Waals surface area (Å²) in [4.78, 5) is 2.44. The van der Waals surface area contributed by atoms with Crippen molar-refractivity contribution in [2.75, 3.05) is 25.9 Å². The van der Waals surface area contributed by atoms with Gasteiger partial charge in [0.1, 0.15) is 0 Å². The summed E-state index contributed by atoms with van der Waals surface area (Å²) >= 11 is 3.39. The fourth-order valence-electron chi connectivity index (χ4n) is 2.19. The third kappa shape index (κ3) is 3.33. The molecule has 2 rings (SSSR count). The molecule has 0 radical (unpaired) electrons. The number of hydrogen-bond acceptors (Lipinski definition) is 5. The topological polar surface area (TPSA) is 49.4 Å². The molecule has 1 aliphatic rings. The van der Waals surface area contributed by atoms with E-state index in [4.69, 9.17) is 0 Å². The summed E-state index contributed by atoms with van der Waals surface area (Å²) in [5.74, 6) is 0.882. The van der Waals surface area contributed by atoms with Crippen LogP contribution in [-0.4, -0.2) is 43.9 Å². The third-order valence-corrected chi connectivity index (χ3v) is 7.40. The molecule has 1 saturated heterocycles. The van der Waals surface area contributed by atoms with Crippen LogP contribution in [0.1, 0.15) is 16.7 Å². The summed E-state index contributed by atoms with van der Waals surface area (Å²) in [6.07, 6.45) is 0. The van der Waals surface area contributed by atoms with Crippen LogP contribution in [0.5, 0.6) is 0 Å². The Balaban J connectivity index is 2.28. The number of thiophene rings is 1. The summed E-state index contributed by atoms with van der Waals surface area (Å²) < 4.78 is 27.0. The van der Waals surface area contributed by atoms with Crippen molar-refractivity contribution >= 4 is 33.1 Å². The van der Waals surface area contributed by atoms with Crippen molar-refractivity contribution in [3.63, 3.8) is 0 Å². The van der Waals surface area contributed by atoms with E-state index in [0.29, 0.717) is 29.8 Å². The second-order valence-electron chi connectivity index (χ2n) is 4.71. The SMILES string of the molecule is CNCc1cc(S(=O)(=O)N2CCSC(C)C2)c(C)s1. The van der Waals surface area contributed by atoms with Gasteiger partial charge in [-0.05, 0) is 20.0 Å². The third-order valence-electron chi connectivity index (χ3n) is 3.10. The van der Waals surface area contributed by atoms with Gasteiger partial charge < -0.3 is 5.32 Å². The predicted molar refractivity (Wildman–Crippen MR) is 82.5 cm³/mol. The van der Waals surface area contributed by atoms with Gasteiger partial charge in [-0.2, -0.15) is 16.1 Å². The number of aryl methyl sites for hydroxylation is 1. The summed E-state index contributed by atoms with van der Waals surface area (Å²) in [5.41, 5.74) is 0. The molecule has 4 nitrogen and oxygen atoms in total. The summed E-state index contributed by atoms with van der Waals surface area (Å²) in [6.45, 7) is 5.92. The molecule has 1 fully saturated rings. The second-order valence-corrected chi connectivity index (χ2v) is 9.50. The number of hydrogen-bond donors (Lipinski definition) is 1. The average molecular weight is 321 g/mol. The molecule has 1 aliphatic heterocycles. The largest absolute Gasteiger partial charge is 0.315 e. The Morgan fingerprint density at radius 2 is 2.26 bits per heavy atom. The quantitative estimate of drug-likeness (QED) is 0.920. The predicted octanol–water partition coefficient (Wildman–Crippen LogP) is 1.90. The van der Waals surface area contributed by atoms with Gasteiger partial charge >= 0.3 is 0 Å². The van der Waals surface area contributed by atoms with Crippen LogP contribution in [0, 0.1) is 6.92 Å². The molecular formula is C12H20N2O2S3.